The summed E-state index contributed by atoms with van der Waals surface area (Å²) in [7, 11) is 1.67. The number of amides is 1. The van der Waals surface area contributed by atoms with Crippen LogP contribution in [0.2, 0.25) is 0 Å². The second-order valence-corrected chi connectivity index (χ2v) is 6.17. The van der Waals surface area contributed by atoms with Crippen LogP contribution in [0.15, 0.2) is 29.2 Å². The number of pyridine rings is 1. The predicted molar refractivity (Wildman–Crippen MR) is 97.0 cm³/mol. The van der Waals surface area contributed by atoms with E-state index in [1.54, 1.807) is 13.2 Å². The van der Waals surface area contributed by atoms with Crippen molar-refractivity contribution in [1.82, 2.24) is 24.6 Å². The Labute approximate surface area is 148 Å². The second-order valence-electron chi connectivity index (χ2n) is 6.17. The summed E-state index contributed by atoms with van der Waals surface area (Å²) in [6, 6.07) is 5.48. The molecule has 0 atom stereocenters. The molecule has 0 aromatic carbocycles. The monoisotopic (exact) mass is 345 g/mol. The first-order chi connectivity index (χ1) is 12.1. The van der Waals surface area contributed by atoms with E-state index in [1.165, 1.54) is 9.25 Å². The van der Waals surface area contributed by atoms with Crippen LogP contribution >= 0.6 is 0 Å². The summed E-state index contributed by atoms with van der Waals surface area (Å²) in [5.74, 6) is 0.643. The van der Waals surface area contributed by atoms with Gasteiger partial charge in [-0.3, -0.25) is 14.3 Å². The van der Waals surface area contributed by atoms with Crippen molar-refractivity contribution in [2.24, 2.45) is 13.0 Å². The van der Waals surface area contributed by atoms with E-state index in [-0.39, 0.29) is 17.5 Å². The van der Waals surface area contributed by atoms with Crippen molar-refractivity contribution >= 4 is 5.91 Å². The molecule has 0 spiro atoms. The molecule has 0 unspecified atom stereocenters. The zero-order valence-corrected chi connectivity index (χ0v) is 15.2. The number of carbonyl (C=O) groups excluding carboxylic acids is 1. The van der Waals surface area contributed by atoms with Crippen LogP contribution in [-0.2, 0) is 18.4 Å². The van der Waals surface area contributed by atoms with Crippen LogP contribution in [0.5, 0.6) is 0 Å². The first kappa shape index (κ1) is 18.9. The van der Waals surface area contributed by atoms with Crippen LogP contribution < -0.4 is 11.0 Å². The summed E-state index contributed by atoms with van der Waals surface area (Å²) >= 11 is 0. The van der Waals surface area contributed by atoms with E-state index in [1.807, 2.05) is 18.2 Å². The van der Waals surface area contributed by atoms with Crippen LogP contribution in [0.25, 0.3) is 11.5 Å². The smallest absolute Gasteiger partial charge is 0.346 e. The fraction of sp³-hybridized carbons (Fsp3) is 0.556. The highest BCUT2D eigenvalue weighted by atomic mass is 16.2. The van der Waals surface area contributed by atoms with E-state index in [0.29, 0.717) is 24.6 Å². The van der Waals surface area contributed by atoms with Crippen LogP contribution in [0.3, 0.4) is 0 Å². The zero-order chi connectivity index (χ0) is 18.2. The Bertz CT molecular complexity index is 730. The minimum Gasteiger partial charge on any atom is -0.354 e. The van der Waals surface area contributed by atoms with Gasteiger partial charge in [0.15, 0.2) is 5.82 Å². The van der Waals surface area contributed by atoms with Gasteiger partial charge in [-0.15, -0.1) is 5.10 Å². The number of nitrogens with zero attached hydrogens (tertiary/aromatic N) is 4. The maximum absolute atomic E-state index is 12.3. The Morgan fingerprint density at radius 2 is 1.96 bits per heavy atom. The van der Waals surface area contributed by atoms with Gasteiger partial charge in [0.25, 0.3) is 0 Å². The van der Waals surface area contributed by atoms with Crippen molar-refractivity contribution < 1.29 is 4.79 Å². The van der Waals surface area contributed by atoms with Crippen LogP contribution in [0.4, 0.5) is 0 Å². The lowest BCUT2D eigenvalue weighted by atomic mass is 9.97. The number of nitrogens with one attached hydrogen (secondary N) is 1. The molecule has 2 aromatic rings. The van der Waals surface area contributed by atoms with E-state index >= 15 is 0 Å². The summed E-state index contributed by atoms with van der Waals surface area (Å²) in [5, 5.41) is 7.28. The highest BCUT2D eigenvalue weighted by Crippen LogP contribution is 2.13. The highest BCUT2D eigenvalue weighted by Gasteiger charge is 2.17. The molecule has 7 heteroatoms. The van der Waals surface area contributed by atoms with Crippen molar-refractivity contribution in [2.75, 3.05) is 6.54 Å². The Balaban J connectivity index is 2.00. The third kappa shape index (κ3) is 4.78. The van der Waals surface area contributed by atoms with Gasteiger partial charge in [-0.1, -0.05) is 32.8 Å². The molecule has 2 heterocycles. The molecule has 0 fully saturated rings. The van der Waals surface area contributed by atoms with Crippen molar-refractivity contribution in [3.05, 3.63) is 34.9 Å². The van der Waals surface area contributed by atoms with E-state index in [0.717, 1.165) is 25.7 Å². The minimum atomic E-state index is -0.214. The Kier molecular flexibility index (Phi) is 6.91. The van der Waals surface area contributed by atoms with Gasteiger partial charge >= 0.3 is 5.69 Å². The summed E-state index contributed by atoms with van der Waals surface area (Å²) in [6.07, 6.45) is 5.44. The highest BCUT2D eigenvalue weighted by molar-refractivity contribution is 5.78. The fourth-order valence-corrected chi connectivity index (χ4v) is 2.88. The number of rotatable bonds is 9. The fourth-order valence-electron chi connectivity index (χ4n) is 2.88. The Morgan fingerprint density at radius 3 is 2.56 bits per heavy atom. The summed E-state index contributed by atoms with van der Waals surface area (Å²) < 4.78 is 2.85. The van der Waals surface area contributed by atoms with Crippen molar-refractivity contribution in [1.29, 1.82) is 0 Å². The summed E-state index contributed by atoms with van der Waals surface area (Å²) in [6.45, 7) is 4.91. The molecule has 2 rings (SSSR count). The molecular weight excluding hydrogens is 318 g/mol. The molecule has 25 heavy (non-hydrogen) atoms. The predicted octanol–water partition coefficient (Wildman–Crippen LogP) is 1.98. The van der Waals surface area contributed by atoms with E-state index in [2.05, 4.69) is 29.2 Å². The quantitative estimate of drug-likeness (QED) is 0.753. The van der Waals surface area contributed by atoms with Crippen LogP contribution in [0.1, 0.15) is 39.5 Å². The lowest BCUT2D eigenvalue weighted by molar-refractivity contribution is -0.125. The van der Waals surface area contributed by atoms with Gasteiger partial charge in [-0.2, -0.15) is 0 Å². The van der Waals surface area contributed by atoms with Crippen LogP contribution in [0, 0.1) is 5.92 Å². The number of hydrogen-bond donors (Lipinski definition) is 1. The average molecular weight is 345 g/mol. The maximum Gasteiger partial charge on any atom is 0.346 e. The lowest BCUT2D eigenvalue weighted by Crippen LogP contribution is -2.35. The lowest BCUT2D eigenvalue weighted by Gasteiger charge is -2.14. The maximum atomic E-state index is 12.3. The molecule has 7 nitrogen and oxygen atoms in total. The van der Waals surface area contributed by atoms with Gasteiger partial charge in [-0.25, -0.2) is 9.48 Å². The summed E-state index contributed by atoms with van der Waals surface area (Å²) in [4.78, 5) is 28.8. The van der Waals surface area contributed by atoms with Gasteiger partial charge < -0.3 is 5.32 Å². The Hall–Kier alpha value is -2.44. The van der Waals surface area contributed by atoms with Gasteiger partial charge in [0.2, 0.25) is 5.91 Å². The number of aromatic nitrogens is 4. The molecule has 2 aromatic heterocycles. The second kappa shape index (κ2) is 9.15. The standard InChI is InChI=1S/C18H27N5O2/c1-4-8-14(9-5-2)17(24)20-12-13-23-18(25)22(3)16(21-23)15-10-6-7-11-19-15/h6-7,10-11,14H,4-5,8-9,12-13H2,1-3H3,(H,20,24). The molecule has 0 radical (unpaired) electrons. The molecule has 0 aliphatic rings. The normalized spacial score (nSPS) is 11.0. The molecule has 0 saturated carbocycles. The minimum absolute atomic E-state index is 0.0551. The van der Waals surface area contributed by atoms with Crippen LogP contribution in [-0.4, -0.2) is 31.8 Å². The first-order valence-corrected chi connectivity index (χ1v) is 8.91. The molecule has 0 aliphatic heterocycles. The molecule has 136 valence electrons. The first-order valence-electron chi connectivity index (χ1n) is 8.91. The van der Waals surface area contributed by atoms with Gasteiger partial charge in [0, 0.05) is 25.7 Å². The summed E-state index contributed by atoms with van der Waals surface area (Å²) in [5.41, 5.74) is 0.435. The number of carbonyl (C=O) groups is 1. The van der Waals surface area contributed by atoms with E-state index in [9.17, 15) is 9.59 Å². The third-order valence-electron chi connectivity index (χ3n) is 4.20. The average Bonchev–Trinajstić information content (AvgIpc) is 2.91. The van der Waals surface area contributed by atoms with Crippen molar-refractivity contribution in [3.63, 3.8) is 0 Å². The topological polar surface area (TPSA) is 81.8 Å². The van der Waals surface area contributed by atoms with E-state index < -0.39 is 0 Å². The Morgan fingerprint density at radius 1 is 1.24 bits per heavy atom. The van der Waals surface area contributed by atoms with E-state index in [4.69, 9.17) is 0 Å². The van der Waals surface area contributed by atoms with Crippen molar-refractivity contribution in [3.8, 4) is 11.5 Å². The zero-order valence-electron chi connectivity index (χ0n) is 15.2. The number of hydrogen-bond acceptors (Lipinski definition) is 4. The van der Waals surface area contributed by atoms with Crippen molar-refractivity contribution in [2.45, 2.75) is 46.1 Å². The SMILES string of the molecule is CCCC(CCC)C(=O)NCCn1nc(-c2ccccn2)n(C)c1=O. The molecule has 0 aliphatic carbocycles. The van der Waals surface area contributed by atoms with Gasteiger partial charge in [-0.05, 0) is 25.0 Å². The molecule has 1 amide bonds. The van der Waals surface area contributed by atoms with Gasteiger partial charge in [0.1, 0.15) is 5.69 Å². The molecular formula is C18H27N5O2. The molecule has 0 bridgehead atoms. The van der Waals surface area contributed by atoms with Gasteiger partial charge in [0.05, 0.1) is 6.54 Å². The molecule has 1 N–H and O–H groups in total. The molecule has 0 saturated heterocycles. The largest absolute Gasteiger partial charge is 0.354 e. The third-order valence-corrected chi connectivity index (χ3v) is 4.20.